The van der Waals surface area contributed by atoms with Crippen LogP contribution in [0, 0.1) is 5.92 Å². The number of carbonyl (C=O) groups is 1. The van der Waals surface area contributed by atoms with Gasteiger partial charge in [0.1, 0.15) is 0 Å². The molecular formula is C19H23N3O3S. The van der Waals surface area contributed by atoms with Gasteiger partial charge in [0.25, 0.3) is 10.0 Å². The maximum atomic E-state index is 12.4. The zero-order valence-electron chi connectivity index (χ0n) is 14.4. The second-order valence-corrected chi connectivity index (χ2v) is 8.29. The highest BCUT2D eigenvalue weighted by atomic mass is 32.2. The molecule has 1 amide bonds. The number of sulfonamides is 1. The fourth-order valence-corrected chi connectivity index (χ4v) is 4.31. The number of hydrogen-bond donors (Lipinski definition) is 3. The summed E-state index contributed by atoms with van der Waals surface area (Å²) in [6, 6.07) is 14.9. The van der Waals surface area contributed by atoms with Crippen LogP contribution in [-0.4, -0.2) is 20.4 Å². The largest absolute Gasteiger partial charge is 0.327 e. The first-order chi connectivity index (χ1) is 12.4. The number of nitrogens with one attached hydrogen (secondary N) is 2. The Kier molecular flexibility index (Phi) is 5.58. The van der Waals surface area contributed by atoms with Gasteiger partial charge in [0.2, 0.25) is 5.91 Å². The van der Waals surface area contributed by atoms with E-state index in [2.05, 4.69) is 10.0 Å². The Labute approximate surface area is 153 Å². The highest BCUT2D eigenvalue weighted by Gasteiger charge is 2.26. The van der Waals surface area contributed by atoms with Crippen LogP contribution in [0.15, 0.2) is 59.5 Å². The summed E-state index contributed by atoms with van der Waals surface area (Å²) in [5.74, 6) is 0.116. The van der Waals surface area contributed by atoms with Gasteiger partial charge in [0, 0.05) is 18.2 Å². The Hall–Kier alpha value is -2.38. The van der Waals surface area contributed by atoms with Gasteiger partial charge in [0.15, 0.2) is 0 Å². The van der Waals surface area contributed by atoms with E-state index in [1.165, 1.54) is 12.1 Å². The second-order valence-electron chi connectivity index (χ2n) is 6.61. The Morgan fingerprint density at radius 2 is 1.77 bits per heavy atom. The second kappa shape index (κ2) is 7.88. The number of amides is 1. The number of rotatable bonds is 6. The van der Waals surface area contributed by atoms with Gasteiger partial charge < -0.3 is 11.1 Å². The molecule has 0 saturated heterocycles. The van der Waals surface area contributed by atoms with Gasteiger partial charge >= 0.3 is 0 Å². The number of benzene rings is 2. The summed E-state index contributed by atoms with van der Waals surface area (Å²) in [7, 11) is -3.66. The van der Waals surface area contributed by atoms with Crippen LogP contribution in [0.5, 0.6) is 0 Å². The normalized spacial score (nSPS) is 19.9. The molecule has 0 radical (unpaired) electrons. The molecule has 2 aromatic carbocycles. The van der Waals surface area contributed by atoms with Crippen LogP contribution >= 0.6 is 0 Å². The van der Waals surface area contributed by atoms with E-state index in [9.17, 15) is 13.2 Å². The summed E-state index contributed by atoms with van der Waals surface area (Å²) < 4.78 is 27.3. The molecule has 3 rings (SSSR count). The van der Waals surface area contributed by atoms with Crippen LogP contribution in [0.2, 0.25) is 0 Å². The van der Waals surface area contributed by atoms with Crippen molar-refractivity contribution in [3.63, 3.8) is 0 Å². The summed E-state index contributed by atoms with van der Waals surface area (Å²) in [6.07, 6.45) is 3.40. The van der Waals surface area contributed by atoms with Crippen molar-refractivity contribution in [2.75, 3.05) is 10.0 Å². The molecule has 2 aromatic rings. The number of nitrogens with two attached hydrogens (primary N) is 1. The highest BCUT2D eigenvalue weighted by molar-refractivity contribution is 7.92. The monoisotopic (exact) mass is 373 g/mol. The molecule has 1 fully saturated rings. The first kappa shape index (κ1) is 18.4. The Morgan fingerprint density at radius 3 is 2.46 bits per heavy atom. The Morgan fingerprint density at radius 1 is 1.04 bits per heavy atom. The van der Waals surface area contributed by atoms with Crippen molar-refractivity contribution in [1.29, 1.82) is 0 Å². The molecule has 0 aromatic heterocycles. The van der Waals surface area contributed by atoms with Gasteiger partial charge in [0.05, 0.1) is 10.6 Å². The lowest BCUT2D eigenvalue weighted by Gasteiger charge is -2.15. The van der Waals surface area contributed by atoms with Crippen LogP contribution in [-0.2, 0) is 14.8 Å². The maximum absolute atomic E-state index is 12.4. The van der Waals surface area contributed by atoms with E-state index in [4.69, 9.17) is 5.73 Å². The molecule has 1 aliphatic carbocycles. The fraction of sp³-hybridized carbons (Fsp3) is 0.316. The van der Waals surface area contributed by atoms with E-state index in [-0.39, 0.29) is 22.8 Å². The van der Waals surface area contributed by atoms with Gasteiger partial charge in [-0.1, -0.05) is 30.7 Å². The predicted octanol–water partition coefficient (Wildman–Crippen LogP) is 2.94. The summed E-state index contributed by atoms with van der Waals surface area (Å²) in [5, 5.41) is 2.83. The zero-order valence-corrected chi connectivity index (χ0v) is 15.2. The SMILES string of the molecule is N[C@@H]1CCC[C@H]1CC(=O)Nc1cccc(NS(=O)(=O)c2ccccc2)c1. The third kappa shape index (κ3) is 4.62. The molecular weight excluding hydrogens is 350 g/mol. The molecule has 7 heteroatoms. The van der Waals surface area contributed by atoms with Crippen LogP contribution in [0.4, 0.5) is 11.4 Å². The van der Waals surface area contributed by atoms with E-state index < -0.39 is 10.0 Å². The minimum atomic E-state index is -3.66. The van der Waals surface area contributed by atoms with Crippen molar-refractivity contribution in [2.45, 2.75) is 36.6 Å². The molecule has 0 bridgehead atoms. The van der Waals surface area contributed by atoms with Crippen molar-refractivity contribution in [3.8, 4) is 0 Å². The van der Waals surface area contributed by atoms with Crippen LogP contribution in [0.1, 0.15) is 25.7 Å². The van der Waals surface area contributed by atoms with Crippen molar-refractivity contribution < 1.29 is 13.2 Å². The zero-order chi connectivity index (χ0) is 18.6. The fourth-order valence-electron chi connectivity index (χ4n) is 3.24. The van der Waals surface area contributed by atoms with Gasteiger partial charge in [-0.2, -0.15) is 0 Å². The predicted molar refractivity (Wildman–Crippen MR) is 102 cm³/mol. The van der Waals surface area contributed by atoms with Gasteiger partial charge in [-0.3, -0.25) is 9.52 Å². The average Bonchev–Trinajstić information content (AvgIpc) is 3.00. The lowest BCUT2D eigenvalue weighted by Crippen LogP contribution is -2.28. The first-order valence-corrected chi connectivity index (χ1v) is 10.2. The summed E-state index contributed by atoms with van der Waals surface area (Å²) >= 11 is 0. The number of carbonyl (C=O) groups excluding carboxylic acids is 1. The van der Waals surface area contributed by atoms with E-state index in [1.54, 1.807) is 42.5 Å². The van der Waals surface area contributed by atoms with E-state index >= 15 is 0 Å². The molecule has 0 heterocycles. The maximum Gasteiger partial charge on any atom is 0.261 e. The van der Waals surface area contributed by atoms with Crippen molar-refractivity contribution in [1.82, 2.24) is 0 Å². The average molecular weight is 373 g/mol. The molecule has 138 valence electrons. The first-order valence-electron chi connectivity index (χ1n) is 8.67. The molecule has 1 saturated carbocycles. The summed E-state index contributed by atoms with van der Waals surface area (Å²) in [4.78, 5) is 12.4. The molecule has 0 aliphatic heterocycles. The minimum Gasteiger partial charge on any atom is -0.327 e. The lowest BCUT2D eigenvalue weighted by molar-refractivity contribution is -0.117. The van der Waals surface area contributed by atoms with Gasteiger partial charge in [-0.05, 0) is 49.1 Å². The minimum absolute atomic E-state index is 0.0877. The van der Waals surface area contributed by atoms with Crippen LogP contribution in [0.3, 0.4) is 0 Å². The number of hydrogen-bond acceptors (Lipinski definition) is 4. The van der Waals surface area contributed by atoms with Crippen LogP contribution in [0.25, 0.3) is 0 Å². The van der Waals surface area contributed by atoms with Crippen molar-refractivity contribution in [3.05, 3.63) is 54.6 Å². The molecule has 2 atom stereocenters. The lowest BCUT2D eigenvalue weighted by atomic mass is 10.00. The third-order valence-corrected chi connectivity index (χ3v) is 6.01. The number of anilines is 2. The van der Waals surface area contributed by atoms with E-state index in [0.717, 1.165) is 19.3 Å². The summed E-state index contributed by atoms with van der Waals surface area (Å²) in [6.45, 7) is 0. The molecule has 0 unspecified atom stereocenters. The van der Waals surface area contributed by atoms with Crippen LogP contribution < -0.4 is 15.8 Å². The smallest absolute Gasteiger partial charge is 0.261 e. The topological polar surface area (TPSA) is 101 Å². The van der Waals surface area contributed by atoms with Gasteiger partial charge in [-0.15, -0.1) is 0 Å². The molecule has 0 spiro atoms. The Balaban J connectivity index is 1.65. The molecule has 1 aliphatic rings. The molecule has 26 heavy (non-hydrogen) atoms. The van der Waals surface area contributed by atoms with E-state index in [0.29, 0.717) is 17.8 Å². The summed E-state index contributed by atoms with van der Waals surface area (Å²) in [5.41, 5.74) is 6.96. The highest BCUT2D eigenvalue weighted by Crippen LogP contribution is 2.27. The Bertz CT molecular complexity index is 869. The molecule has 6 nitrogen and oxygen atoms in total. The van der Waals surface area contributed by atoms with Crippen molar-refractivity contribution >= 4 is 27.3 Å². The van der Waals surface area contributed by atoms with Crippen molar-refractivity contribution in [2.24, 2.45) is 11.7 Å². The van der Waals surface area contributed by atoms with E-state index in [1.807, 2.05) is 0 Å². The quantitative estimate of drug-likeness (QED) is 0.724. The molecule has 4 N–H and O–H groups in total. The third-order valence-electron chi connectivity index (χ3n) is 4.62. The standard InChI is InChI=1S/C19H23N3O3S/c20-18-11-4-6-14(18)12-19(23)21-15-7-5-8-16(13-15)22-26(24,25)17-9-2-1-3-10-17/h1-3,5,7-10,13-14,18,22H,4,6,11-12,20H2,(H,21,23)/t14-,18+/m0/s1. The van der Waals surface area contributed by atoms with Gasteiger partial charge in [-0.25, -0.2) is 8.42 Å².